The summed E-state index contributed by atoms with van der Waals surface area (Å²) in [4.78, 5) is 29.0. The van der Waals surface area contributed by atoms with Gasteiger partial charge in [-0.15, -0.1) is 0 Å². The quantitative estimate of drug-likeness (QED) is 0.820. The third-order valence-corrected chi connectivity index (χ3v) is 2.98. The molecule has 2 N–H and O–H groups in total. The van der Waals surface area contributed by atoms with Crippen LogP contribution >= 0.6 is 0 Å². The van der Waals surface area contributed by atoms with Gasteiger partial charge >= 0.3 is 5.97 Å². The van der Waals surface area contributed by atoms with Crippen LogP contribution in [0.5, 0.6) is 0 Å². The number of aryl methyl sites for hydroxylation is 1. The summed E-state index contributed by atoms with van der Waals surface area (Å²) < 4.78 is 0. The molecule has 0 aliphatic heterocycles. The van der Waals surface area contributed by atoms with Crippen LogP contribution in [0.15, 0.2) is 12.1 Å². The van der Waals surface area contributed by atoms with E-state index in [1.165, 1.54) is 12.1 Å². The number of carboxylic acid groups (broad SMARTS) is 1. The maximum absolute atomic E-state index is 12.4. The topological polar surface area (TPSA) is 90.7 Å². The molecule has 0 aromatic carbocycles. The van der Waals surface area contributed by atoms with Crippen LogP contribution in [0.3, 0.4) is 0 Å². The van der Waals surface area contributed by atoms with Gasteiger partial charge in [-0.25, -0.2) is 9.78 Å². The molecule has 6 heteroatoms. The summed E-state index contributed by atoms with van der Waals surface area (Å²) in [7, 11) is 0. The predicted molar refractivity (Wildman–Crippen MR) is 73.8 cm³/mol. The van der Waals surface area contributed by atoms with E-state index in [9.17, 15) is 9.59 Å². The fourth-order valence-corrected chi connectivity index (χ4v) is 1.89. The minimum atomic E-state index is -1.06. The zero-order valence-electron chi connectivity index (χ0n) is 12.0. The molecule has 0 aliphatic carbocycles. The molecular formula is C14H20N2O4. The van der Waals surface area contributed by atoms with E-state index in [4.69, 9.17) is 10.2 Å². The SMILES string of the molecule is Cc1nc(C(=O)N(CCCO)C(C)C)ccc1C(=O)O. The van der Waals surface area contributed by atoms with Crippen molar-refractivity contribution in [1.82, 2.24) is 9.88 Å². The highest BCUT2D eigenvalue weighted by atomic mass is 16.4. The number of carbonyl (C=O) groups is 2. The van der Waals surface area contributed by atoms with Gasteiger partial charge in [-0.05, 0) is 39.3 Å². The van der Waals surface area contributed by atoms with Gasteiger partial charge in [0.1, 0.15) is 5.69 Å². The molecule has 0 saturated heterocycles. The van der Waals surface area contributed by atoms with E-state index in [1.54, 1.807) is 11.8 Å². The van der Waals surface area contributed by atoms with Crippen LogP contribution in [0.2, 0.25) is 0 Å². The Morgan fingerprint density at radius 3 is 2.45 bits per heavy atom. The van der Waals surface area contributed by atoms with Gasteiger partial charge in [0.15, 0.2) is 0 Å². The van der Waals surface area contributed by atoms with Crippen molar-refractivity contribution in [2.45, 2.75) is 33.2 Å². The summed E-state index contributed by atoms with van der Waals surface area (Å²) in [5, 5.41) is 17.8. The van der Waals surface area contributed by atoms with Crippen molar-refractivity contribution in [3.05, 3.63) is 29.1 Å². The number of hydrogen-bond donors (Lipinski definition) is 2. The maximum Gasteiger partial charge on any atom is 0.337 e. The van der Waals surface area contributed by atoms with Gasteiger partial charge in [0.25, 0.3) is 5.91 Å². The first-order chi connectivity index (χ1) is 9.38. The Bertz CT molecular complexity index is 500. The Balaban J connectivity index is 3.00. The minimum absolute atomic E-state index is 0.0148. The first-order valence-corrected chi connectivity index (χ1v) is 6.51. The molecule has 0 aliphatic rings. The lowest BCUT2D eigenvalue weighted by Gasteiger charge is -2.26. The van der Waals surface area contributed by atoms with Crippen molar-refractivity contribution in [3.8, 4) is 0 Å². The van der Waals surface area contributed by atoms with Gasteiger partial charge < -0.3 is 15.1 Å². The first kappa shape index (κ1) is 16.1. The molecule has 1 rings (SSSR count). The smallest absolute Gasteiger partial charge is 0.337 e. The van der Waals surface area contributed by atoms with Crippen molar-refractivity contribution in [2.24, 2.45) is 0 Å². The monoisotopic (exact) mass is 280 g/mol. The first-order valence-electron chi connectivity index (χ1n) is 6.51. The second kappa shape index (κ2) is 7.00. The van der Waals surface area contributed by atoms with Crippen LogP contribution < -0.4 is 0 Å². The zero-order valence-corrected chi connectivity index (χ0v) is 12.0. The molecule has 110 valence electrons. The number of carboxylic acids is 1. The molecule has 1 aromatic rings. The lowest BCUT2D eigenvalue weighted by Crippen LogP contribution is -2.38. The number of aliphatic hydroxyl groups excluding tert-OH is 1. The number of rotatable bonds is 6. The summed E-state index contributed by atoms with van der Waals surface area (Å²) in [6.45, 7) is 5.78. The highest BCUT2D eigenvalue weighted by Gasteiger charge is 2.20. The molecule has 6 nitrogen and oxygen atoms in total. The molecule has 0 bridgehead atoms. The van der Waals surface area contributed by atoms with Crippen molar-refractivity contribution in [3.63, 3.8) is 0 Å². The van der Waals surface area contributed by atoms with Crippen LogP contribution in [0.25, 0.3) is 0 Å². The average molecular weight is 280 g/mol. The second-order valence-electron chi connectivity index (χ2n) is 4.80. The fraction of sp³-hybridized carbons (Fsp3) is 0.500. The van der Waals surface area contributed by atoms with Gasteiger partial charge in [0, 0.05) is 19.2 Å². The Morgan fingerprint density at radius 1 is 1.35 bits per heavy atom. The minimum Gasteiger partial charge on any atom is -0.478 e. The van der Waals surface area contributed by atoms with Crippen LogP contribution in [0, 0.1) is 6.92 Å². The zero-order chi connectivity index (χ0) is 15.3. The van der Waals surface area contributed by atoms with Gasteiger partial charge in [-0.2, -0.15) is 0 Å². The number of aromatic nitrogens is 1. The number of aliphatic hydroxyl groups is 1. The molecule has 0 unspecified atom stereocenters. The number of hydrogen-bond acceptors (Lipinski definition) is 4. The summed E-state index contributed by atoms with van der Waals surface area (Å²) >= 11 is 0. The number of pyridine rings is 1. The molecule has 20 heavy (non-hydrogen) atoms. The summed E-state index contributed by atoms with van der Waals surface area (Å²) in [6.07, 6.45) is 0.496. The lowest BCUT2D eigenvalue weighted by molar-refractivity contribution is 0.0674. The van der Waals surface area contributed by atoms with Gasteiger partial charge in [0.05, 0.1) is 11.3 Å². The van der Waals surface area contributed by atoms with E-state index in [-0.39, 0.29) is 29.8 Å². The van der Waals surface area contributed by atoms with E-state index >= 15 is 0 Å². The molecule has 0 atom stereocenters. The number of carbonyl (C=O) groups excluding carboxylic acids is 1. The Kier molecular flexibility index (Phi) is 5.64. The van der Waals surface area contributed by atoms with Gasteiger partial charge in [0.2, 0.25) is 0 Å². The van der Waals surface area contributed by atoms with Gasteiger partial charge in [-0.3, -0.25) is 4.79 Å². The van der Waals surface area contributed by atoms with E-state index in [0.29, 0.717) is 18.7 Å². The number of aromatic carboxylic acids is 1. The van der Waals surface area contributed by atoms with E-state index in [1.807, 2.05) is 13.8 Å². The van der Waals surface area contributed by atoms with Crippen LogP contribution in [-0.4, -0.2) is 51.2 Å². The molecule has 0 spiro atoms. The van der Waals surface area contributed by atoms with Crippen molar-refractivity contribution in [1.29, 1.82) is 0 Å². The Hall–Kier alpha value is -1.95. The Labute approximate surface area is 118 Å². The Morgan fingerprint density at radius 2 is 2.00 bits per heavy atom. The summed E-state index contributed by atoms with van der Waals surface area (Å²) in [6, 6.07) is 2.80. The van der Waals surface area contributed by atoms with Crippen molar-refractivity contribution in [2.75, 3.05) is 13.2 Å². The standard InChI is InChI=1S/C14H20N2O4/c1-9(2)16(7-4-8-17)13(18)12-6-5-11(14(19)20)10(3)15-12/h5-6,9,17H,4,7-8H2,1-3H3,(H,19,20). The second-order valence-corrected chi connectivity index (χ2v) is 4.80. The predicted octanol–water partition coefficient (Wildman–Crippen LogP) is 1.32. The summed E-state index contributed by atoms with van der Waals surface area (Å²) in [5.41, 5.74) is 0.626. The lowest BCUT2D eigenvalue weighted by atomic mass is 10.1. The van der Waals surface area contributed by atoms with Crippen molar-refractivity contribution >= 4 is 11.9 Å². The molecular weight excluding hydrogens is 260 g/mol. The van der Waals surface area contributed by atoms with E-state index in [0.717, 1.165) is 0 Å². The van der Waals surface area contributed by atoms with E-state index < -0.39 is 5.97 Å². The largest absolute Gasteiger partial charge is 0.478 e. The van der Waals surface area contributed by atoms with Crippen molar-refractivity contribution < 1.29 is 19.8 Å². The van der Waals surface area contributed by atoms with Crippen LogP contribution in [0.1, 0.15) is 46.8 Å². The molecule has 1 aromatic heterocycles. The number of amides is 1. The third-order valence-electron chi connectivity index (χ3n) is 2.98. The van der Waals surface area contributed by atoms with Gasteiger partial charge in [-0.1, -0.05) is 0 Å². The van der Waals surface area contributed by atoms with E-state index in [2.05, 4.69) is 4.98 Å². The molecule has 0 fully saturated rings. The molecule has 1 heterocycles. The van der Waals surface area contributed by atoms with Crippen LogP contribution in [-0.2, 0) is 0 Å². The maximum atomic E-state index is 12.4. The summed E-state index contributed by atoms with van der Waals surface area (Å²) in [5.74, 6) is -1.32. The third kappa shape index (κ3) is 3.77. The highest BCUT2D eigenvalue weighted by molar-refractivity contribution is 5.94. The molecule has 0 radical (unpaired) electrons. The molecule has 0 saturated carbocycles. The fourth-order valence-electron chi connectivity index (χ4n) is 1.89. The number of nitrogens with zero attached hydrogens (tertiary/aromatic N) is 2. The normalized spacial score (nSPS) is 10.7. The van der Waals surface area contributed by atoms with Crippen LogP contribution in [0.4, 0.5) is 0 Å². The molecule has 1 amide bonds. The average Bonchev–Trinajstić information content (AvgIpc) is 2.37. The highest BCUT2D eigenvalue weighted by Crippen LogP contribution is 2.11.